The van der Waals surface area contributed by atoms with Gasteiger partial charge in [-0.25, -0.2) is 14.8 Å². The summed E-state index contributed by atoms with van der Waals surface area (Å²) in [6, 6.07) is 7.45. The number of aromatic nitrogens is 3. The second kappa shape index (κ2) is 6.67. The minimum Gasteiger partial charge on any atom is -0.480 e. The molecule has 0 saturated heterocycles. The number of carbonyl (C=O) groups excluding carboxylic acids is 1. The van der Waals surface area contributed by atoms with E-state index < -0.39 is 17.9 Å². The van der Waals surface area contributed by atoms with E-state index in [-0.39, 0.29) is 12.1 Å². The highest BCUT2D eigenvalue weighted by Crippen LogP contribution is 2.22. The monoisotopic (exact) mass is 344 g/mol. The molecule has 0 radical (unpaired) electrons. The van der Waals surface area contributed by atoms with Crippen LogP contribution in [0.15, 0.2) is 42.9 Å². The third kappa shape index (κ3) is 3.36. The Labute approximate surface area is 141 Å². The zero-order valence-corrected chi connectivity index (χ0v) is 13.1. The maximum Gasteiger partial charge on any atom is 0.326 e. The van der Waals surface area contributed by atoms with Crippen molar-refractivity contribution in [1.29, 1.82) is 0 Å². The van der Waals surface area contributed by atoms with Crippen molar-refractivity contribution in [3.63, 3.8) is 0 Å². The Morgan fingerprint density at radius 2 is 2.12 bits per heavy atom. The van der Waals surface area contributed by atoms with E-state index in [1.54, 1.807) is 18.2 Å². The number of amides is 1. The average molecular weight is 345 g/mol. The number of para-hydroxylation sites is 1. The summed E-state index contributed by atoms with van der Waals surface area (Å²) in [5.41, 5.74) is 1.23. The highest BCUT2D eigenvalue weighted by atomic mass is 35.5. The van der Waals surface area contributed by atoms with Gasteiger partial charge >= 0.3 is 5.97 Å². The zero-order valence-electron chi connectivity index (χ0n) is 12.4. The fourth-order valence-electron chi connectivity index (χ4n) is 2.30. The number of hydrogen-bond donors (Lipinski definition) is 3. The van der Waals surface area contributed by atoms with Gasteiger partial charge in [-0.15, -0.1) is 0 Å². The lowest BCUT2D eigenvalue weighted by Crippen LogP contribution is -2.42. The molecule has 0 unspecified atom stereocenters. The molecule has 2 aromatic heterocycles. The highest BCUT2D eigenvalue weighted by Gasteiger charge is 2.23. The number of hydrogen-bond acceptors (Lipinski definition) is 4. The smallest absolute Gasteiger partial charge is 0.326 e. The van der Waals surface area contributed by atoms with E-state index in [1.807, 2.05) is 6.07 Å². The number of carbonyl (C=O) groups is 2. The van der Waals surface area contributed by atoms with Crippen LogP contribution in [0.4, 0.5) is 0 Å². The second-order valence-corrected chi connectivity index (χ2v) is 5.56. The molecular formula is C16H13ClN4O3. The summed E-state index contributed by atoms with van der Waals surface area (Å²) in [5, 5.41) is 12.9. The predicted molar refractivity (Wildman–Crippen MR) is 87.9 cm³/mol. The normalized spacial score (nSPS) is 12.0. The quantitative estimate of drug-likeness (QED) is 0.656. The number of fused-ring (bicyclic) bond motifs is 1. The van der Waals surface area contributed by atoms with E-state index in [4.69, 9.17) is 11.6 Å². The second-order valence-electron chi connectivity index (χ2n) is 5.15. The number of H-pyrrole nitrogens is 1. The van der Waals surface area contributed by atoms with Crippen LogP contribution >= 0.6 is 11.6 Å². The van der Waals surface area contributed by atoms with E-state index in [1.165, 1.54) is 18.6 Å². The number of pyridine rings is 1. The Balaban J connectivity index is 1.83. The molecule has 0 saturated carbocycles. The molecule has 3 rings (SSSR count). The summed E-state index contributed by atoms with van der Waals surface area (Å²) in [5.74, 6) is -1.75. The van der Waals surface area contributed by atoms with E-state index in [0.717, 1.165) is 5.39 Å². The fourth-order valence-corrected chi connectivity index (χ4v) is 2.56. The summed E-state index contributed by atoms with van der Waals surface area (Å²) in [6.07, 6.45) is 3.04. The number of aliphatic carboxylic acids is 1. The Bertz CT molecular complexity index is 895. The molecule has 1 aromatic carbocycles. The van der Waals surface area contributed by atoms with Crippen LogP contribution in [0.2, 0.25) is 5.02 Å². The van der Waals surface area contributed by atoms with Crippen molar-refractivity contribution >= 4 is 34.4 Å². The molecule has 24 heavy (non-hydrogen) atoms. The van der Waals surface area contributed by atoms with Crippen molar-refractivity contribution in [2.45, 2.75) is 12.5 Å². The van der Waals surface area contributed by atoms with Crippen LogP contribution in [0.1, 0.15) is 16.2 Å². The van der Waals surface area contributed by atoms with Crippen LogP contribution in [-0.2, 0) is 11.2 Å². The van der Waals surface area contributed by atoms with Crippen molar-refractivity contribution in [2.24, 2.45) is 0 Å². The predicted octanol–water partition coefficient (Wildman–Crippen LogP) is 2.04. The van der Waals surface area contributed by atoms with Crippen LogP contribution in [0.25, 0.3) is 10.9 Å². The minimum absolute atomic E-state index is 0.0644. The van der Waals surface area contributed by atoms with Crippen molar-refractivity contribution in [1.82, 2.24) is 20.3 Å². The van der Waals surface area contributed by atoms with Crippen LogP contribution in [-0.4, -0.2) is 38.0 Å². The summed E-state index contributed by atoms with van der Waals surface area (Å²) in [7, 11) is 0. The Hall–Kier alpha value is -2.93. The Morgan fingerprint density at radius 1 is 1.33 bits per heavy atom. The molecular weight excluding hydrogens is 332 g/mol. The van der Waals surface area contributed by atoms with Crippen molar-refractivity contribution < 1.29 is 14.7 Å². The largest absolute Gasteiger partial charge is 0.480 e. The lowest BCUT2D eigenvalue weighted by molar-refractivity contribution is -0.139. The first-order valence-corrected chi connectivity index (χ1v) is 7.48. The van der Waals surface area contributed by atoms with Crippen LogP contribution in [0.5, 0.6) is 0 Å². The summed E-state index contributed by atoms with van der Waals surface area (Å²) < 4.78 is 0. The van der Waals surface area contributed by atoms with E-state index in [9.17, 15) is 14.7 Å². The zero-order chi connectivity index (χ0) is 17.1. The lowest BCUT2D eigenvalue weighted by atomic mass is 10.1. The molecule has 0 aliphatic carbocycles. The third-order valence-electron chi connectivity index (χ3n) is 3.48. The van der Waals surface area contributed by atoms with Crippen molar-refractivity contribution in [3.05, 3.63) is 59.3 Å². The number of benzene rings is 1. The van der Waals surface area contributed by atoms with Gasteiger partial charge < -0.3 is 15.4 Å². The van der Waals surface area contributed by atoms with Gasteiger partial charge in [-0.1, -0.05) is 29.8 Å². The minimum atomic E-state index is -1.15. The third-order valence-corrected chi connectivity index (χ3v) is 3.79. The molecule has 0 spiro atoms. The van der Waals surface area contributed by atoms with E-state index in [0.29, 0.717) is 16.2 Å². The standard InChI is InChI=1S/C16H13ClN4O3/c17-11-6-13(20-12-4-2-1-3-10(11)12)15(22)21-14(16(23)24)5-9-7-18-8-19-9/h1-4,6-8,14H,5H2,(H,18,19)(H,21,22)(H,23,24)/t14-/m0/s1. The lowest BCUT2D eigenvalue weighted by Gasteiger charge is -2.14. The SMILES string of the molecule is O=C(N[C@@H](Cc1cnc[nH]1)C(=O)O)c1cc(Cl)c2ccccc2n1. The van der Waals surface area contributed by atoms with Crippen LogP contribution < -0.4 is 5.32 Å². The molecule has 122 valence electrons. The molecule has 0 fully saturated rings. The average Bonchev–Trinajstić information content (AvgIpc) is 3.07. The Kier molecular flexibility index (Phi) is 4.43. The molecule has 1 amide bonds. The molecule has 3 aromatic rings. The molecule has 0 aliphatic heterocycles. The Morgan fingerprint density at radius 3 is 2.83 bits per heavy atom. The summed E-state index contributed by atoms with van der Waals surface area (Å²) >= 11 is 6.17. The first kappa shape index (κ1) is 15.9. The van der Waals surface area contributed by atoms with E-state index >= 15 is 0 Å². The van der Waals surface area contributed by atoms with Gasteiger partial charge in [0.15, 0.2) is 0 Å². The van der Waals surface area contributed by atoms with Crippen molar-refractivity contribution in [2.75, 3.05) is 0 Å². The molecule has 0 bridgehead atoms. The molecule has 1 atom stereocenters. The first-order chi connectivity index (χ1) is 11.5. The maximum atomic E-state index is 12.4. The number of rotatable bonds is 5. The maximum absolute atomic E-state index is 12.4. The number of halogens is 1. The molecule has 0 aliphatic rings. The first-order valence-electron chi connectivity index (χ1n) is 7.11. The van der Waals surface area contributed by atoms with Gasteiger partial charge in [0.05, 0.1) is 16.9 Å². The number of carboxylic acids is 1. The molecule has 7 nitrogen and oxygen atoms in total. The van der Waals surface area contributed by atoms with Gasteiger partial charge in [-0.2, -0.15) is 0 Å². The highest BCUT2D eigenvalue weighted by molar-refractivity contribution is 6.35. The number of nitrogens with one attached hydrogen (secondary N) is 2. The van der Waals surface area contributed by atoms with Gasteiger partial charge in [0.2, 0.25) is 0 Å². The number of imidazole rings is 1. The molecule has 8 heteroatoms. The van der Waals surface area contributed by atoms with Gasteiger partial charge in [-0.05, 0) is 12.1 Å². The fraction of sp³-hybridized carbons (Fsp3) is 0.125. The number of carboxylic acid groups (broad SMARTS) is 1. The van der Waals surface area contributed by atoms with Gasteiger partial charge in [0.1, 0.15) is 11.7 Å². The van der Waals surface area contributed by atoms with E-state index in [2.05, 4.69) is 20.3 Å². The summed E-state index contributed by atoms with van der Waals surface area (Å²) in [4.78, 5) is 34.6. The van der Waals surface area contributed by atoms with Gasteiger partial charge in [-0.3, -0.25) is 4.79 Å². The van der Waals surface area contributed by atoms with Crippen LogP contribution in [0.3, 0.4) is 0 Å². The topological polar surface area (TPSA) is 108 Å². The number of nitrogens with zero attached hydrogens (tertiary/aromatic N) is 2. The van der Waals surface area contributed by atoms with Gasteiger partial charge in [0, 0.05) is 23.7 Å². The summed E-state index contributed by atoms with van der Waals surface area (Å²) in [6.45, 7) is 0. The number of aromatic amines is 1. The van der Waals surface area contributed by atoms with Gasteiger partial charge in [0.25, 0.3) is 5.91 Å². The van der Waals surface area contributed by atoms with Crippen molar-refractivity contribution in [3.8, 4) is 0 Å². The van der Waals surface area contributed by atoms with Crippen LogP contribution in [0, 0.1) is 0 Å². The molecule has 3 N–H and O–H groups in total. The molecule has 2 heterocycles.